The largest absolute Gasteiger partial charge is 0.345 e. The van der Waals surface area contributed by atoms with Gasteiger partial charge in [-0.2, -0.15) is 0 Å². The number of anilines is 2. The predicted octanol–water partition coefficient (Wildman–Crippen LogP) is 14.5. The molecule has 9 aromatic rings. The lowest BCUT2D eigenvalue weighted by atomic mass is 9.80. The van der Waals surface area contributed by atoms with E-state index in [2.05, 4.69) is 223 Å². The zero-order valence-corrected chi connectivity index (χ0v) is 37.1. The van der Waals surface area contributed by atoms with Gasteiger partial charge in [0.15, 0.2) is 0 Å². The van der Waals surface area contributed by atoms with E-state index in [0.717, 1.165) is 0 Å². The number of rotatable bonds is 3. The Hall–Kier alpha value is -6.48. The molecule has 294 valence electrons. The molecular formula is C59H49NSi. The fourth-order valence-electron chi connectivity index (χ4n) is 11.9. The van der Waals surface area contributed by atoms with Crippen molar-refractivity contribution in [3.63, 3.8) is 0 Å². The summed E-state index contributed by atoms with van der Waals surface area (Å²) < 4.78 is 0. The molecule has 12 rings (SSSR count). The van der Waals surface area contributed by atoms with Crippen molar-refractivity contribution in [1.29, 1.82) is 0 Å². The highest BCUT2D eigenvalue weighted by Gasteiger charge is 2.39. The topological polar surface area (TPSA) is 3.24 Å². The highest BCUT2D eigenvalue weighted by Crippen LogP contribution is 2.55. The normalized spacial score (nSPS) is 15.8. The first-order chi connectivity index (χ1) is 29.5. The average molecular weight is 800 g/mol. The van der Waals surface area contributed by atoms with Gasteiger partial charge in [0.25, 0.3) is 0 Å². The van der Waals surface area contributed by atoms with Crippen LogP contribution in [0.1, 0.15) is 49.9 Å². The maximum Gasteiger partial charge on any atom is 0.117 e. The summed E-state index contributed by atoms with van der Waals surface area (Å²) in [6, 6.07) is 65.2. The summed E-state index contributed by atoms with van der Waals surface area (Å²) in [5.74, 6) is 0. The number of nitrogens with zero attached hydrogens (tertiary/aromatic N) is 1. The second-order valence-corrected chi connectivity index (χ2v) is 23.6. The van der Waals surface area contributed by atoms with Crippen molar-refractivity contribution in [1.82, 2.24) is 0 Å². The molecule has 61 heavy (non-hydrogen) atoms. The van der Waals surface area contributed by atoms with Crippen molar-refractivity contribution in [3.05, 3.63) is 192 Å². The summed E-state index contributed by atoms with van der Waals surface area (Å²) in [5, 5.41) is 8.14. The summed E-state index contributed by atoms with van der Waals surface area (Å²) in [7, 11) is 0.318. The van der Waals surface area contributed by atoms with E-state index in [0.29, 0.717) is 0 Å². The summed E-state index contributed by atoms with van der Waals surface area (Å²) >= 11 is 0. The number of para-hydroxylation sites is 1. The van der Waals surface area contributed by atoms with Crippen LogP contribution in [-0.4, -0.2) is 15.1 Å². The van der Waals surface area contributed by atoms with E-state index in [9.17, 15) is 0 Å². The molecule has 0 saturated heterocycles. The summed E-state index contributed by atoms with van der Waals surface area (Å²) in [6.07, 6.45) is 0. The smallest absolute Gasteiger partial charge is 0.117 e. The lowest BCUT2D eigenvalue weighted by molar-refractivity contribution is 0.660. The molecule has 0 N–H and O–H groups in total. The molecule has 0 spiro atoms. The van der Waals surface area contributed by atoms with Gasteiger partial charge in [0, 0.05) is 29.3 Å². The molecule has 0 bridgehead atoms. The molecule has 1 heterocycles. The quantitative estimate of drug-likeness (QED) is 0.127. The van der Waals surface area contributed by atoms with Gasteiger partial charge in [-0.15, -0.1) is 0 Å². The molecule has 9 aromatic carbocycles. The molecule has 3 aliphatic rings. The van der Waals surface area contributed by atoms with Crippen LogP contribution >= 0.6 is 0 Å². The first-order valence-corrected chi connectivity index (χ1v) is 24.9. The molecule has 0 atom stereocenters. The molecule has 1 aliphatic heterocycles. The Balaban J connectivity index is 1.15. The zero-order chi connectivity index (χ0) is 41.6. The zero-order valence-electron chi connectivity index (χ0n) is 36.1. The van der Waals surface area contributed by atoms with Gasteiger partial charge >= 0.3 is 0 Å². The first-order valence-electron chi connectivity index (χ1n) is 21.9. The lowest BCUT2D eigenvalue weighted by Crippen LogP contribution is -2.58. The second-order valence-electron chi connectivity index (χ2n) is 19.3. The molecule has 0 saturated carbocycles. The van der Waals surface area contributed by atoms with Gasteiger partial charge in [-0.1, -0.05) is 186 Å². The van der Waals surface area contributed by atoms with Crippen LogP contribution < -0.4 is 15.3 Å². The lowest BCUT2D eigenvalue weighted by Gasteiger charge is -2.39. The van der Waals surface area contributed by atoms with Gasteiger partial charge in [-0.25, -0.2) is 0 Å². The standard InChI is InChI=1S/C59H49NSi/c1-58(2)48-23-13-11-20-44(48)57-45(21-16-24-49(57)58)56-42-19-9-8-18-41(42)55(38-29-32-54-52(35-38)60(5)51-25-14-15-26-53(51)61(54,6)7)43-31-28-36(33-46(43)56)37-27-30-40-39-17-10-12-22-47(39)59(3,4)50(40)34-37/h8-35H,1-7H3. The Bertz CT molecular complexity index is 3360. The van der Waals surface area contributed by atoms with Gasteiger partial charge in [0.2, 0.25) is 0 Å². The number of benzene rings is 9. The average Bonchev–Trinajstić information content (AvgIpc) is 3.66. The van der Waals surface area contributed by atoms with Crippen molar-refractivity contribution in [2.45, 2.75) is 51.6 Å². The van der Waals surface area contributed by atoms with Crippen LogP contribution in [0, 0.1) is 0 Å². The van der Waals surface area contributed by atoms with Crippen molar-refractivity contribution in [2.75, 3.05) is 11.9 Å². The molecule has 0 fully saturated rings. The third kappa shape index (κ3) is 4.88. The van der Waals surface area contributed by atoms with Crippen LogP contribution in [0.15, 0.2) is 170 Å². The minimum absolute atomic E-state index is 0.0738. The van der Waals surface area contributed by atoms with Gasteiger partial charge in [-0.05, 0) is 134 Å². The Morgan fingerprint density at radius 2 is 0.902 bits per heavy atom. The first kappa shape index (κ1) is 36.4. The SMILES string of the molecule is CN1c2ccccc2[Si](C)(C)c2ccc(-c3c4ccccc4c(-c4cccc5c4-c4ccccc4C5(C)C)c4cc(-c5ccc6c(c5)C(C)(C)c5ccccc5-6)ccc34)cc21. The van der Waals surface area contributed by atoms with E-state index in [1.54, 1.807) is 0 Å². The maximum atomic E-state index is 2.51. The van der Waals surface area contributed by atoms with Crippen LogP contribution in [0.25, 0.3) is 77.2 Å². The molecule has 2 aliphatic carbocycles. The Morgan fingerprint density at radius 3 is 1.70 bits per heavy atom. The Kier molecular flexibility index (Phi) is 7.47. The van der Waals surface area contributed by atoms with Crippen LogP contribution in [-0.2, 0) is 10.8 Å². The van der Waals surface area contributed by atoms with Gasteiger partial charge in [-0.3, -0.25) is 0 Å². The third-order valence-corrected chi connectivity index (χ3v) is 18.6. The highest BCUT2D eigenvalue weighted by molar-refractivity contribution is 7.02. The van der Waals surface area contributed by atoms with E-state index >= 15 is 0 Å². The summed E-state index contributed by atoms with van der Waals surface area (Å²) in [6.45, 7) is 14.6. The Morgan fingerprint density at radius 1 is 0.361 bits per heavy atom. The predicted molar refractivity (Wildman–Crippen MR) is 264 cm³/mol. The molecule has 0 amide bonds. The van der Waals surface area contributed by atoms with Crippen molar-refractivity contribution in [2.24, 2.45) is 0 Å². The fourth-order valence-corrected chi connectivity index (χ4v) is 14.9. The monoisotopic (exact) mass is 799 g/mol. The van der Waals surface area contributed by atoms with Gasteiger partial charge < -0.3 is 4.90 Å². The van der Waals surface area contributed by atoms with Crippen molar-refractivity contribution < 1.29 is 0 Å². The molecule has 0 radical (unpaired) electrons. The minimum Gasteiger partial charge on any atom is -0.345 e. The third-order valence-electron chi connectivity index (χ3n) is 15.1. The molecular weight excluding hydrogens is 751 g/mol. The Labute approximate surface area is 361 Å². The van der Waals surface area contributed by atoms with Crippen LogP contribution in [0.4, 0.5) is 11.4 Å². The van der Waals surface area contributed by atoms with Crippen LogP contribution in [0.5, 0.6) is 0 Å². The van der Waals surface area contributed by atoms with E-state index in [1.165, 1.54) is 121 Å². The number of fused-ring (bicyclic) bond motifs is 10. The molecule has 2 heteroatoms. The van der Waals surface area contributed by atoms with Gasteiger partial charge in [0.1, 0.15) is 8.07 Å². The minimum atomic E-state index is -1.93. The van der Waals surface area contributed by atoms with E-state index in [-0.39, 0.29) is 10.8 Å². The fraction of sp³-hybridized carbons (Fsp3) is 0.153. The van der Waals surface area contributed by atoms with Crippen molar-refractivity contribution >= 4 is 51.4 Å². The number of hydrogen-bond acceptors (Lipinski definition) is 1. The molecule has 0 aromatic heterocycles. The van der Waals surface area contributed by atoms with E-state index < -0.39 is 8.07 Å². The second kappa shape index (κ2) is 12.5. The van der Waals surface area contributed by atoms with Crippen LogP contribution in [0.2, 0.25) is 13.1 Å². The van der Waals surface area contributed by atoms with E-state index in [1.807, 2.05) is 0 Å². The van der Waals surface area contributed by atoms with Crippen molar-refractivity contribution in [3.8, 4) is 55.6 Å². The summed E-state index contributed by atoms with van der Waals surface area (Å²) in [4.78, 5) is 2.43. The molecule has 1 nitrogen and oxygen atoms in total. The van der Waals surface area contributed by atoms with Gasteiger partial charge in [0.05, 0.1) is 0 Å². The summed E-state index contributed by atoms with van der Waals surface area (Å²) in [5.41, 5.74) is 21.2. The highest BCUT2D eigenvalue weighted by atomic mass is 28.3. The molecule has 0 unspecified atom stereocenters. The van der Waals surface area contributed by atoms with Crippen LogP contribution in [0.3, 0.4) is 0 Å². The van der Waals surface area contributed by atoms with E-state index in [4.69, 9.17) is 0 Å². The maximum absolute atomic E-state index is 2.51. The number of hydrogen-bond donors (Lipinski definition) is 0.